The summed E-state index contributed by atoms with van der Waals surface area (Å²) in [6, 6.07) is 14.7. The third kappa shape index (κ3) is 2.86. The summed E-state index contributed by atoms with van der Waals surface area (Å²) < 4.78 is 5.40. The summed E-state index contributed by atoms with van der Waals surface area (Å²) in [6.07, 6.45) is 1.51. The van der Waals surface area contributed by atoms with Crippen LogP contribution in [0.1, 0.15) is 21.8 Å². The Balaban J connectivity index is 1.58. The molecule has 0 bridgehead atoms. The van der Waals surface area contributed by atoms with Gasteiger partial charge in [-0.3, -0.25) is 4.79 Å². The van der Waals surface area contributed by atoms with Gasteiger partial charge < -0.3 is 19.8 Å². The molecule has 3 heterocycles. The summed E-state index contributed by atoms with van der Waals surface area (Å²) in [5.74, 6) is 0.110. The van der Waals surface area contributed by atoms with Crippen LogP contribution in [0.2, 0.25) is 0 Å². The first-order valence-electron chi connectivity index (χ1n) is 7.82. The lowest BCUT2D eigenvalue weighted by Crippen LogP contribution is -2.41. The van der Waals surface area contributed by atoms with Crippen molar-refractivity contribution in [2.24, 2.45) is 0 Å². The lowest BCUT2D eigenvalue weighted by atomic mass is 9.93. The van der Waals surface area contributed by atoms with Gasteiger partial charge >= 0.3 is 0 Å². The molecule has 1 unspecified atom stereocenters. The zero-order chi connectivity index (χ0) is 17.3. The summed E-state index contributed by atoms with van der Waals surface area (Å²) in [4.78, 5) is 15.6. The van der Waals surface area contributed by atoms with E-state index < -0.39 is 5.60 Å². The van der Waals surface area contributed by atoms with Crippen molar-refractivity contribution >= 4 is 28.1 Å². The molecule has 1 atom stereocenters. The highest BCUT2D eigenvalue weighted by atomic mass is 32.1. The van der Waals surface area contributed by atoms with Crippen LogP contribution in [-0.4, -0.2) is 22.5 Å². The minimum atomic E-state index is -1.41. The molecule has 25 heavy (non-hydrogen) atoms. The van der Waals surface area contributed by atoms with Crippen LogP contribution in [0.3, 0.4) is 0 Å². The Kier molecular flexibility index (Phi) is 3.91. The number of aromatic amines is 1. The van der Waals surface area contributed by atoms with Crippen LogP contribution in [0.25, 0.3) is 10.9 Å². The number of hydrogen-bond donors (Lipinski definition) is 3. The number of nitrogens with one attached hydrogen (secondary N) is 2. The van der Waals surface area contributed by atoms with Gasteiger partial charge in [-0.2, -0.15) is 11.3 Å². The van der Waals surface area contributed by atoms with Gasteiger partial charge in [0.25, 0.3) is 5.91 Å². The van der Waals surface area contributed by atoms with Crippen molar-refractivity contribution in [3.63, 3.8) is 0 Å². The molecule has 1 amide bonds. The fourth-order valence-electron chi connectivity index (χ4n) is 2.84. The summed E-state index contributed by atoms with van der Waals surface area (Å²) in [6.45, 7) is 0.00540. The minimum absolute atomic E-state index is 0.00540. The van der Waals surface area contributed by atoms with Crippen LogP contribution in [0, 0.1) is 0 Å². The van der Waals surface area contributed by atoms with E-state index in [-0.39, 0.29) is 12.5 Å². The molecule has 6 heteroatoms. The van der Waals surface area contributed by atoms with E-state index in [1.54, 1.807) is 18.2 Å². The highest BCUT2D eigenvalue weighted by molar-refractivity contribution is 7.08. The Bertz CT molecular complexity index is 920. The van der Waals surface area contributed by atoms with Gasteiger partial charge in [0.2, 0.25) is 0 Å². The quantitative estimate of drug-likeness (QED) is 0.514. The van der Waals surface area contributed by atoms with Crippen molar-refractivity contribution in [2.45, 2.75) is 5.60 Å². The molecule has 5 nitrogen and oxygen atoms in total. The number of H-pyrrole nitrogens is 1. The molecule has 0 aliphatic carbocycles. The maximum Gasteiger partial charge on any atom is 0.267 e. The molecule has 0 saturated carbocycles. The number of amides is 1. The van der Waals surface area contributed by atoms with Crippen molar-refractivity contribution in [1.29, 1.82) is 0 Å². The van der Waals surface area contributed by atoms with Crippen LogP contribution in [-0.2, 0) is 5.60 Å². The molecule has 0 fully saturated rings. The van der Waals surface area contributed by atoms with Crippen molar-refractivity contribution in [3.8, 4) is 0 Å². The largest absolute Gasteiger partial charge is 0.466 e. The fourth-order valence-corrected chi connectivity index (χ4v) is 3.57. The third-order valence-corrected chi connectivity index (χ3v) is 4.89. The smallest absolute Gasteiger partial charge is 0.267 e. The number of carbonyl (C=O) groups excluding carboxylic acids is 1. The summed E-state index contributed by atoms with van der Waals surface area (Å²) >= 11 is 1.48. The van der Waals surface area contributed by atoms with E-state index in [1.165, 1.54) is 17.6 Å². The number of rotatable bonds is 5. The molecule has 4 rings (SSSR count). The third-order valence-electron chi connectivity index (χ3n) is 4.21. The summed E-state index contributed by atoms with van der Waals surface area (Å²) in [5.41, 5.74) is 0.620. The Morgan fingerprint density at radius 2 is 2.12 bits per heavy atom. The Morgan fingerprint density at radius 1 is 1.24 bits per heavy atom. The molecule has 0 aliphatic rings. The van der Waals surface area contributed by atoms with Gasteiger partial charge in [0.15, 0.2) is 5.60 Å². The number of thiophene rings is 1. The maximum atomic E-state index is 12.5. The first kappa shape index (κ1) is 15.7. The fraction of sp³-hybridized carbons (Fsp3) is 0.105. The normalized spacial score (nSPS) is 13.6. The number of aromatic nitrogens is 1. The van der Waals surface area contributed by atoms with E-state index in [4.69, 9.17) is 4.42 Å². The van der Waals surface area contributed by atoms with Crippen LogP contribution in [0.15, 0.2) is 70.0 Å². The molecule has 3 aromatic heterocycles. The monoisotopic (exact) mass is 352 g/mol. The minimum Gasteiger partial charge on any atom is -0.466 e. The number of para-hydroxylation sites is 1. The highest BCUT2D eigenvalue weighted by Gasteiger charge is 2.35. The molecular formula is C19H16N2O3S. The number of aliphatic hydroxyl groups is 1. The van der Waals surface area contributed by atoms with Crippen LogP contribution in [0.4, 0.5) is 0 Å². The Hall–Kier alpha value is -2.83. The Labute approximate surface area is 147 Å². The van der Waals surface area contributed by atoms with Gasteiger partial charge in [0, 0.05) is 16.5 Å². The SMILES string of the molecule is O=C(NCC(O)(c1ccsc1)c1ccco1)c1cc2ccccc2[nH]1. The van der Waals surface area contributed by atoms with E-state index in [0.717, 1.165) is 10.9 Å². The Morgan fingerprint density at radius 3 is 2.84 bits per heavy atom. The number of hydrogen-bond acceptors (Lipinski definition) is 4. The first-order valence-corrected chi connectivity index (χ1v) is 8.76. The van der Waals surface area contributed by atoms with Crippen LogP contribution < -0.4 is 5.32 Å². The van der Waals surface area contributed by atoms with Crippen molar-refractivity contribution < 1.29 is 14.3 Å². The molecule has 3 N–H and O–H groups in total. The average molecular weight is 352 g/mol. The topological polar surface area (TPSA) is 78.3 Å². The predicted molar refractivity (Wildman–Crippen MR) is 96.7 cm³/mol. The molecule has 0 radical (unpaired) electrons. The number of carbonyl (C=O) groups is 1. The second-order valence-electron chi connectivity index (χ2n) is 5.80. The molecule has 1 aromatic carbocycles. The van der Waals surface area contributed by atoms with Crippen molar-refractivity contribution in [2.75, 3.05) is 6.54 Å². The van der Waals surface area contributed by atoms with Crippen molar-refractivity contribution in [3.05, 3.63) is 82.6 Å². The molecular weight excluding hydrogens is 336 g/mol. The first-order chi connectivity index (χ1) is 12.2. The molecule has 0 saturated heterocycles. The van der Waals surface area contributed by atoms with Gasteiger partial charge in [0.1, 0.15) is 11.5 Å². The van der Waals surface area contributed by atoms with E-state index in [0.29, 0.717) is 17.0 Å². The van der Waals surface area contributed by atoms with Gasteiger partial charge in [-0.05, 0) is 41.1 Å². The number of benzene rings is 1. The zero-order valence-electron chi connectivity index (χ0n) is 13.2. The summed E-state index contributed by atoms with van der Waals surface area (Å²) in [7, 11) is 0. The summed E-state index contributed by atoms with van der Waals surface area (Å²) in [5, 5.41) is 18.6. The molecule has 0 aliphatic heterocycles. The average Bonchev–Trinajstić information content (AvgIpc) is 3.40. The van der Waals surface area contributed by atoms with E-state index in [9.17, 15) is 9.90 Å². The lowest BCUT2D eigenvalue weighted by molar-refractivity contribution is 0.0527. The van der Waals surface area contributed by atoms with Gasteiger partial charge in [-0.1, -0.05) is 18.2 Å². The van der Waals surface area contributed by atoms with Gasteiger partial charge in [0.05, 0.1) is 12.8 Å². The number of fused-ring (bicyclic) bond motifs is 1. The van der Waals surface area contributed by atoms with E-state index >= 15 is 0 Å². The predicted octanol–water partition coefficient (Wildman–Crippen LogP) is 3.49. The van der Waals surface area contributed by atoms with Gasteiger partial charge in [-0.15, -0.1) is 0 Å². The molecule has 126 valence electrons. The second-order valence-corrected chi connectivity index (χ2v) is 6.58. The lowest BCUT2D eigenvalue weighted by Gasteiger charge is -2.25. The molecule has 0 spiro atoms. The maximum absolute atomic E-state index is 12.5. The van der Waals surface area contributed by atoms with Crippen molar-refractivity contribution in [1.82, 2.24) is 10.3 Å². The zero-order valence-corrected chi connectivity index (χ0v) is 14.0. The van der Waals surface area contributed by atoms with Gasteiger partial charge in [-0.25, -0.2) is 0 Å². The van der Waals surface area contributed by atoms with E-state index in [1.807, 2.05) is 41.1 Å². The number of furan rings is 1. The van der Waals surface area contributed by atoms with Crippen LogP contribution >= 0.6 is 11.3 Å². The van der Waals surface area contributed by atoms with E-state index in [2.05, 4.69) is 10.3 Å². The second kappa shape index (κ2) is 6.23. The molecule has 4 aromatic rings. The standard InChI is InChI=1S/C19H16N2O3S/c22-18(16-10-13-4-1-2-5-15(13)21-16)20-12-19(23,14-7-9-25-11-14)17-6-3-8-24-17/h1-11,21,23H,12H2,(H,20,22). The van der Waals surface area contributed by atoms with Crippen LogP contribution in [0.5, 0.6) is 0 Å². The highest BCUT2D eigenvalue weighted by Crippen LogP contribution is 2.31.